The van der Waals surface area contributed by atoms with Crippen LogP contribution >= 0.6 is 24.0 Å². The number of rotatable bonds is 5. The highest BCUT2D eigenvalue weighted by atomic mass is 32.2. The smallest absolute Gasteiger partial charge is 0.152 e. The van der Waals surface area contributed by atoms with Crippen molar-refractivity contribution in [2.24, 2.45) is 0 Å². The van der Waals surface area contributed by atoms with Crippen LogP contribution in [0.4, 0.5) is 0 Å². The van der Waals surface area contributed by atoms with Gasteiger partial charge in [-0.15, -0.1) is 0 Å². The molecule has 1 aromatic heterocycles. The summed E-state index contributed by atoms with van der Waals surface area (Å²) in [5.74, 6) is 1.55. The highest BCUT2D eigenvalue weighted by molar-refractivity contribution is 8.23. The molecule has 1 atom stereocenters. The molecule has 3 rings (SSSR count). The molecule has 0 amide bonds. The lowest BCUT2D eigenvalue weighted by atomic mass is 10.2. The lowest BCUT2D eigenvalue weighted by molar-refractivity contribution is 0.228. The van der Waals surface area contributed by atoms with Crippen molar-refractivity contribution in [1.29, 1.82) is 0 Å². The highest BCUT2D eigenvalue weighted by Gasteiger charge is 2.31. The van der Waals surface area contributed by atoms with Crippen LogP contribution in [0.2, 0.25) is 0 Å². The molecule has 0 radical (unpaired) electrons. The van der Waals surface area contributed by atoms with Crippen molar-refractivity contribution in [2.75, 3.05) is 37.5 Å². The summed E-state index contributed by atoms with van der Waals surface area (Å²) in [6, 6.07) is -0.0182. The van der Waals surface area contributed by atoms with E-state index >= 15 is 0 Å². The van der Waals surface area contributed by atoms with Gasteiger partial charge in [-0.2, -0.15) is 5.10 Å². The summed E-state index contributed by atoms with van der Waals surface area (Å²) in [6.45, 7) is 6.66. The van der Waals surface area contributed by atoms with Gasteiger partial charge in [0.25, 0.3) is 0 Å². The molecule has 0 aliphatic carbocycles. The third-order valence-electron chi connectivity index (χ3n) is 4.71. The zero-order valence-corrected chi connectivity index (χ0v) is 16.8. The molecule has 3 heterocycles. The Morgan fingerprint density at radius 1 is 1.42 bits per heavy atom. The number of aromatic nitrogens is 2. The molecule has 6 nitrogen and oxygen atoms in total. The van der Waals surface area contributed by atoms with E-state index in [1.165, 1.54) is 5.56 Å². The highest BCUT2D eigenvalue weighted by Crippen LogP contribution is 2.27. The van der Waals surface area contributed by atoms with Crippen molar-refractivity contribution in [2.45, 2.75) is 32.9 Å². The second-order valence-corrected chi connectivity index (χ2v) is 10.6. The topological polar surface area (TPSA) is 58.4 Å². The van der Waals surface area contributed by atoms with Crippen LogP contribution in [-0.4, -0.2) is 69.8 Å². The van der Waals surface area contributed by atoms with Crippen molar-refractivity contribution in [3.8, 4) is 0 Å². The molecule has 0 N–H and O–H groups in total. The maximum absolute atomic E-state index is 11.8. The minimum atomic E-state index is -2.90. The second kappa shape index (κ2) is 6.93. The average Bonchev–Trinajstić information content (AvgIpc) is 3.14. The lowest BCUT2D eigenvalue weighted by Crippen LogP contribution is -2.35. The molecule has 24 heavy (non-hydrogen) atoms. The van der Waals surface area contributed by atoms with E-state index < -0.39 is 9.84 Å². The Kier molecular flexibility index (Phi) is 5.25. The molecule has 2 fully saturated rings. The summed E-state index contributed by atoms with van der Waals surface area (Å²) in [4.78, 5) is 4.46. The summed E-state index contributed by atoms with van der Waals surface area (Å²) in [5, 5.41) is 4.64. The van der Waals surface area contributed by atoms with E-state index in [0.717, 1.165) is 41.2 Å². The van der Waals surface area contributed by atoms with E-state index in [1.54, 1.807) is 11.8 Å². The Labute approximate surface area is 153 Å². The number of sulfone groups is 1. The minimum Gasteiger partial charge on any atom is -0.344 e. The van der Waals surface area contributed by atoms with Gasteiger partial charge < -0.3 is 4.90 Å². The summed E-state index contributed by atoms with van der Waals surface area (Å²) >= 11 is 7.10. The fourth-order valence-corrected chi connectivity index (χ4v) is 6.32. The van der Waals surface area contributed by atoms with Gasteiger partial charge in [-0.25, -0.2) is 8.42 Å². The van der Waals surface area contributed by atoms with E-state index in [9.17, 15) is 8.42 Å². The van der Waals surface area contributed by atoms with Crippen LogP contribution in [0.5, 0.6) is 0 Å². The molecule has 0 saturated carbocycles. The molecule has 1 aromatic rings. The zero-order chi connectivity index (χ0) is 17.5. The van der Waals surface area contributed by atoms with Crippen molar-refractivity contribution in [1.82, 2.24) is 19.6 Å². The Morgan fingerprint density at radius 3 is 2.75 bits per heavy atom. The fraction of sp³-hybridized carbons (Fsp3) is 0.733. The zero-order valence-electron chi connectivity index (χ0n) is 14.4. The van der Waals surface area contributed by atoms with E-state index in [0.29, 0.717) is 6.42 Å². The Morgan fingerprint density at radius 2 is 2.17 bits per heavy atom. The van der Waals surface area contributed by atoms with Crippen molar-refractivity contribution in [3.63, 3.8) is 0 Å². The maximum atomic E-state index is 11.8. The molecule has 9 heteroatoms. The largest absolute Gasteiger partial charge is 0.344 e. The Balaban J connectivity index is 1.71. The average molecular weight is 389 g/mol. The van der Waals surface area contributed by atoms with Gasteiger partial charge in [-0.3, -0.25) is 9.58 Å². The molecule has 2 aliphatic heterocycles. The molecule has 134 valence electrons. The second-order valence-electron chi connectivity index (χ2n) is 6.68. The summed E-state index contributed by atoms with van der Waals surface area (Å²) in [6.07, 6.45) is 0.666. The van der Waals surface area contributed by atoms with Gasteiger partial charge in [0.05, 0.1) is 29.9 Å². The van der Waals surface area contributed by atoms with Crippen molar-refractivity contribution in [3.05, 3.63) is 17.0 Å². The summed E-state index contributed by atoms with van der Waals surface area (Å²) in [5.41, 5.74) is 3.27. The Bertz CT molecular complexity index is 744. The van der Waals surface area contributed by atoms with Crippen LogP contribution in [0.1, 0.15) is 29.4 Å². The summed E-state index contributed by atoms with van der Waals surface area (Å²) in [7, 11) is -0.818. The number of thiocarbonyl (C=S) groups is 1. The van der Waals surface area contributed by atoms with Crippen LogP contribution in [0.3, 0.4) is 0 Å². The van der Waals surface area contributed by atoms with Crippen LogP contribution in [0.15, 0.2) is 0 Å². The third kappa shape index (κ3) is 3.79. The molecule has 0 spiro atoms. The first kappa shape index (κ1) is 18.2. The Hall–Kier alpha value is -0.640. The predicted octanol–water partition coefficient (Wildman–Crippen LogP) is 1.58. The molecular weight excluding hydrogens is 364 g/mol. The van der Waals surface area contributed by atoms with Gasteiger partial charge in [0.2, 0.25) is 0 Å². The van der Waals surface area contributed by atoms with E-state index in [4.69, 9.17) is 12.2 Å². The van der Waals surface area contributed by atoms with Crippen molar-refractivity contribution >= 4 is 38.1 Å². The predicted molar refractivity (Wildman–Crippen MR) is 102 cm³/mol. The molecule has 2 saturated heterocycles. The number of nitrogens with zero attached hydrogens (tertiary/aromatic N) is 4. The van der Waals surface area contributed by atoms with E-state index in [-0.39, 0.29) is 17.5 Å². The van der Waals surface area contributed by atoms with Gasteiger partial charge in [-0.1, -0.05) is 24.0 Å². The maximum Gasteiger partial charge on any atom is 0.152 e. The third-order valence-corrected chi connectivity index (χ3v) is 7.97. The van der Waals surface area contributed by atoms with E-state index in [2.05, 4.69) is 21.9 Å². The normalized spacial score (nSPS) is 23.6. The SMILES string of the molecule is Cc1nn(C2CCS(=O)(=O)C2)c(C)c1CN(C)CN1CCSC1=S. The standard InChI is InChI=1S/C15H24N4O2S3/c1-11-14(8-17(3)10-18-5-6-23-15(18)22)12(2)19(16-11)13-4-7-24(20,21)9-13/h13H,4-10H2,1-3H3. The fourth-order valence-electron chi connectivity index (χ4n) is 3.42. The number of hydrogen-bond acceptors (Lipinski definition) is 6. The van der Waals surface area contributed by atoms with Gasteiger partial charge in [0, 0.05) is 30.1 Å². The quantitative estimate of drug-likeness (QED) is 0.710. The molecule has 0 bridgehead atoms. The van der Waals surface area contributed by atoms with Gasteiger partial charge >= 0.3 is 0 Å². The summed E-state index contributed by atoms with van der Waals surface area (Å²) < 4.78 is 26.4. The molecule has 2 aliphatic rings. The molecular formula is C15H24N4O2S3. The van der Waals surface area contributed by atoms with Crippen LogP contribution in [0.25, 0.3) is 0 Å². The van der Waals surface area contributed by atoms with Gasteiger partial charge in [0.1, 0.15) is 4.32 Å². The van der Waals surface area contributed by atoms with Crippen LogP contribution < -0.4 is 0 Å². The first-order chi connectivity index (χ1) is 11.3. The number of aryl methyl sites for hydroxylation is 1. The minimum absolute atomic E-state index is 0.0182. The van der Waals surface area contributed by atoms with Gasteiger partial charge in [0.15, 0.2) is 9.84 Å². The van der Waals surface area contributed by atoms with Crippen LogP contribution in [-0.2, 0) is 16.4 Å². The molecule has 1 unspecified atom stereocenters. The number of thioether (sulfide) groups is 1. The van der Waals surface area contributed by atoms with Crippen LogP contribution in [0, 0.1) is 13.8 Å². The lowest BCUT2D eigenvalue weighted by Gasteiger charge is -2.25. The first-order valence-electron chi connectivity index (χ1n) is 8.12. The van der Waals surface area contributed by atoms with Crippen molar-refractivity contribution < 1.29 is 8.42 Å². The molecule has 0 aromatic carbocycles. The first-order valence-corrected chi connectivity index (χ1v) is 11.3. The number of hydrogen-bond donors (Lipinski definition) is 0. The van der Waals surface area contributed by atoms with E-state index in [1.807, 2.05) is 18.5 Å². The van der Waals surface area contributed by atoms with Gasteiger partial charge in [-0.05, 0) is 27.3 Å². The monoisotopic (exact) mass is 388 g/mol.